The van der Waals surface area contributed by atoms with Gasteiger partial charge in [-0.25, -0.2) is 4.98 Å². The number of rotatable bonds is 10. The van der Waals surface area contributed by atoms with Gasteiger partial charge in [0.25, 0.3) is 6.33 Å². The van der Waals surface area contributed by atoms with Crippen molar-refractivity contribution in [2.75, 3.05) is 0 Å². The molecule has 4 aromatic heterocycles. The van der Waals surface area contributed by atoms with Crippen LogP contribution in [-0.2, 0) is 37.3 Å². The third-order valence-corrected chi connectivity index (χ3v) is 21.8. The molecular weight excluding hydrogens is 1250 g/mol. The van der Waals surface area contributed by atoms with Gasteiger partial charge in [0.2, 0.25) is 0 Å². The fourth-order valence-electron chi connectivity index (χ4n) is 12.5. The average molecular weight is 1310 g/mol. The molecule has 0 N–H and O–H groups in total. The molecule has 86 heavy (non-hydrogen) atoms. The maximum Gasteiger partial charge on any atom is 0.268 e. The minimum atomic E-state index is -3.05. The summed E-state index contributed by atoms with van der Waals surface area (Å²) in [5, 5.41) is 9.74. The number of ether oxygens (including phenoxy) is 1. The molecule has 14 rings (SSSR count). The van der Waals surface area contributed by atoms with Crippen LogP contribution in [0.5, 0.6) is 11.5 Å². The Balaban J connectivity index is 0.00000686. The van der Waals surface area contributed by atoms with Crippen molar-refractivity contribution in [3.8, 4) is 39.8 Å². The summed E-state index contributed by atoms with van der Waals surface area (Å²) in [7, 11) is -3.05. The number of imidazole rings is 1. The number of para-hydroxylation sites is 4. The van der Waals surface area contributed by atoms with Gasteiger partial charge in [-0.3, -0.25) is 4.57 Å². The van der Waals surface area contributed by atoms with Gasteiger partial charge in [-0.1, -0.05) is 226 Å². The van der Waals surface area contributed by atoms with Gasteiger partial charge in [0.1, 0.15) is 17.0 Å². The van der Waals surface area contributed by atoms with E-state index in [0.717, 1.165) is 83.1 Å². The molecule has 0 amide bonds. The van der Waals surface area contributed by atoms with Crippen molar-refractivity contribution < 1.29 is 34.8 Å². The summed E-state index contributed by atoms with van der Waals surface area (Å²) < 4.78 is 19.2. The van der Waals surface area contributed by atoms with Crippen molar-refractivity contribution >= 4 is 83.6 Å². The maximum atomic E-state index is 6.71. The second kappa shape index (κ2) is 21.6. The third-order valence-electron chi connectivity index (χ3n) is 17.0. The molecule has 0 saturated heterocycles. The molecule has 0 spiro atoms. The molecule has 0 radical (unpaired) electrons. The summed E-state index contributed by atoms with van der Waals surface area (Å²) in [6.07, 6.45) is 5.68. The van der Waals surface area contributed by atoms with E-state index in [1.807, 2.05) is 59.3 Å². The second-order valence-corrected chi connectivity index (χ2v) is 29.5. The molecular formula is C78H66N4O2PtSi-2. The van der Waals surface area contributed by atoms with E-state index in [9.17, 15) is 0 Å². The van der Waals surface area contributed by atoms with E-state index in [1.165, 1.54) is 37.4 Å². The molecule has 6 nitrogen and oxygen atoms in total. The van der Waals surface area contributed by atoms with Crippen molar-refractivity contribution in [3.05, 3.63) is 272 Å². The number of hydrogen-bond acceptors (Lipinski definition) is 3. The number of benzene rings is 10. The SMILES string of the molecule is CC(C)(C)c1cccc([Si](c2cccc(-c3ccc(-n4c5[c-]c(Oc6[c-]c(-n7[c-][n+](-c8ccc9oc%10ccccc%10c9c8)c8ccccc87)ccc6)ccc5c5ccccc54)nc3)c2)(c2cccc(C(C)(C)C)c2)c2cccc(C(C)(C)C)c2)c1.[Pt]. The summed E-state index contributed by atoms with van der Waals surface area (Å²) in [5.41, 5.74) is 13.4. The molecule has 4 heterocycles. The van der Waals surface area contributed by atoms with Crippen LogP contribution in [0.2, 0.25) is 0 Å². The molecule has 0 aliphatic heterocycles. The first-order valence-corrected chi connectivity index (χ1v) is 31.4. The van der Waals surface area contributed by atoms with Gasteiger partial charge in [-0.15, -0.1) is 29.7 Å². The largest absolute Gasteiger partial charge is 0.510 e. The Morgan fingerprint density at radius 2 is 1.02 bits per heavy atom. The van der Waals surface area contributed by atoms with Crippen molar-refractivity contribution in [2.45, 2.75) is 78.6 Å². The van der Waals surface area contributed by atoms with Crippen molar-refractivity contribution in [1.29, 1.82) is 0 Å². The minimum Gasteiger partial charge on any atom is -0.510 e. The van der Waals surface area contributed by atoms with E-state index in [1.54, 1.807) is 0 Å². The Kier molecular flexibility index (Phi) is 14.1. The molecule has 0 saturated carbocycles. The standard InChI is InChI=1S/C78H66N4O2Si.Pt/c1-76(2,3)54-22-17-28-62(44-54)85(63-29-18-23-55(45-63)77(4,5)6,64-30-19-24-56(46-64)78(7,8)9)61-27-16-21-52(43-61)53-37-42-75(79-50-53)82-69-33-12-10-31-65(69)66-40-39-60(49-72(66)82)83-59-26-20-25-57(47-59)80-51-81(71-35-14-13-34-70(71)80)58-38-41-74-68(48-58)67-32-11-15-36-73(67)84-74;/h10-46,48,50H,1-9H3;/q-2;. The minimum absolute atomic E-state index is 0. The van der Waals surface area contributed by atoms with Gasteiger partial charge in [0.15, 0.2) is 8.07 Å². The Bertz CT molecular complexity index is 4750. The zero-order valence-corrected chi connectivity index (χ0v) is 53.2. The van der Waals surface area contributed by atoms with E-state index in [0.29, 0.717) is 11.5 Å². The molecule has 0 unspecified atom stereocenters. The number of aromatic nitrogens is 4. The van der Waals surface area contributed by atoms with Crippen LogP contribution in [-0.4, -0.2) is 22.2 Å². The summed E-state index contributed by atoms with van der Waals surface area (Å²) in [5.74, 6) is 1.91. The summed E-state index contributed by atoms with van der Waals surface area (Å²) in [4.78, 5) is 5.31. The number of pyridine rings is 1. The van der Waals surface area contributed by atoms with Crippen LogP contribution in [0.15, 0.2) is 241 Å². The first-order chi connectivity index (χ1) is 41.0. The van der Waals surface area contributed by atoms with Gasteiger partial charge in [-0.05, 0) is 113 Å². The van der Waals surface area contributed by atoms with Crippen molar-refractivity contribution in [3.63, 3.8) is 0 Å². The molecule has 0 aliphatic rings. The molecule has 14 aromatic rings. The normalized spacial score (nSPS) is 12.4. The quantitative estimate of drug-likeness (QED) is 0.0593. The predicted octanol–water partition coefficient (Wildman–Crippen LogP) is 16.4. The summed E-state index contributed by atoms with van der Waals surface area (Å²) >= 11 is 0. The Morgan fingerprint density at radius 1 is 0.453 bits per heavy atom. The van der Waals surface area contributed by atoms with Gasteiger partial charge in [0.05, 0.1) is 16.7 Å². The topological polar surface area (TPSA) is 49.0 Å². The van der Waals surface area contributed by atoms with Crippen LogP contribution in [0.3, 0.4) is 0 Å². The van der Waals surface area contributed by atoms with Crippen LogP contribution in [0.25, 0.3) is 83.1 Å². The van der Waals surface area contributed by atoms with Gasteiger partial charge >= 0.3 is 0 Å². The molecule has 8 heteroatoms. The van der Waals surface area contributed by atoms with E-state index < -0.39 is 8.07 Å². The fourth-order valence-corrected chi connectivity index (χ4v) is 17.4. The second-order valence-electron chi connectivity index (χ2n) is 25.7. The van der Waals surface area contributed by atoms with E-state index >= 15 is 0 Å². The molecule has 0 fully saturated rings. The van der Waals surface area contributed by atoms with E-state index in [2.05, 4.69) is 272 Å². The Hall–Kier alpha value is -8.87. The smallest absolute Gasteiger partial charge is 0.268 e. The molecule has 426 valence electrons. The number of fused-ring (bicyclic) bond motifs is 7. The van der Waals surface area contributed by atoms with Crippen molar-refractivity contribution in [2.24, 2.45) is 0 Å². The van der Waals surface area contributed by atoms with Crippen LogP contribution in [0.4, 0.5) is 0 Å². The monoisotopic (exact) mass is 1310 g/mol. The maximum absolute atomic E-state index is 6.71. The number of furan rings is 1. The predicted molar refractivity (Wildman–Crippen MR) is 352 cm³/mol. The van der Waals surface area contributed by atoms with E-state index in [-0.39, 0.29) is 37.3 Å². The Morgan fingerprint density at radius 3 is 1.67 bits per heavy atom. The van der Waals surface area contributed by atoms with Crippen LogP contribution in [0, 0.1) is 18.5 Å². The van der Waals surface area contributed by atoms with Gasteiger partial charge < -0.3 is 18.3 Å². The zero-order chi connectivity index (χ0) is 58.4. The number of nitrogens with zero attached hydrogens (tertiary/aromatic N) is 4. The van der Waals surface area contributed by atoms with Crippen molar-refractivity contribution in [1.82, 2.24) is 14.1 Å². The van der Waals surface area contributed by atoms with Crippen LogP contribution >= 0.6 is 0 Å². The average Bonchev–Trinajstić information content (AvgIpc) is 1.98. The first-order valence-electron chi connectivity index (χ1n) is 29.4. The summed E-state index contributed by atoms with van der Waals surface area (Å²) in [6, 6.07) is 90.8. The molecule has 0 bridgehead atoms. The molecule has 0 aliphatic carbocycles. The third kappa shape index (κ3) is 9.91. The zero-order valence-electron chi connectivity index (χ0n) is 49.9. The Labute approximate surface area is 519 Å². The van der Waals surface area contributed by atoms with E-state index in [4.69, 9.17) is 14.1 Å². The van der Waals surface area contributed by atoms with Crippen LogP contribution < -0.4 is 30.1 Å². The first kappa shape index (κ1) is 56.3. The number of hydrogen-bond donors (Lipinski definition) is 0. The van der Waals surface area contributed by atoms with Crippen LogP contribution in [0.1, 0.15) is 79.0 Å². The summed E-state index contributed by atoms with van der Waals surface area (Å²) in [6.45, 7) is 20.9. The molecule has 0 atom stereocenters. The molecule has 10 aromatic carbocycles. The van der Waals surface area contributed by atoms with Gasteiger partial charge in [0, 0.05) is 60.6 Å². The fraction of sp³-hybridized carbons (Fsp3) is 0.154. The van der Waals surface area contributed by atoms with Gasteiger partial charge in [-0.2, -0.15) is 18.2 Å².